The fraction of sp³-hybridized carbons (Fsp3) is 0.385. The monoisotopic (exact) mass is 231 g/mol. The minimum atomic E-state index is -0.0951. The standard InChI is InChI=1S/C13H17N3O/c14-8-1-2-10-16-13(17)12-5-3-11(4-6-12)7-9-15/h3-6H,1-2,7,9-10,15H2,(H,16,17). The van der Waals surface area contributed by atoms with Crippen molar-refractivity contribution in [3.63, 3.8) is 0 Å². The molecule has 0 bridgehead atoms. The quantitative estimate of drug-likeness (QED) is 0.722. The number of rotatable bonds is 6. The second-order valence-corrected chi connectivity index (χ2v) is 3.75. The number of hydrogen-bond donors (Lipinski definition) is 2. The minimum absolute atomic E-state index is 0.0951. The van der Waals surface area contributed by atoms with Crippen molar-refractivity contribution < 1.29 is 4.79 Å². The van der Waals surface area contributed by atoms with Crippen LogP contribution in [0.15, 0.2) is 24.3 Å². The fourth-order valence-electron chi connectivity index (χ4n) is 1.46. The van der Waals surface area contributed by atoms with Crippen LogP contribution in [0.3, 0.4) is 0 Å². The zero-order chi connectivity index (χ0) is 12.5. The van der Waals surface area contributed by atoms with Crippen molar-refractivity contribution in [1.82, 2.24) is 5.32 Å². The van der Waals surface area contributed by atoms with Gasteiger partial charge in [0.05, 0.1) is 6.07 Å². The number of nitrogens with one attached hydrogen (secondary N) is 1. The molecular weight excluding hydrogens is 214 g/mol. The molecule has 1 amide bonds. The predicted octanol–water partition coefficient (Wildman–Crippen LogP) is 1.22. The van der Waals surface area contributed by atoms with Crippen LogP contribution in [-0.2, 0) is 6.42 Å². The summed E-state index contributed by atoms with van der Waals surface area (Å²) in [7, 11) is 0. The zero-order valence-electron chi connectivity index (χ0n) is 9.78. The summed E-state index contributed by atoms with van der Waals surface area (Å²) >= 11 is 0. The summed E-state index contributed by atoms with van der Waals surface area (Å²) in [5.74, 6) is -0.0951. The van der Waals surface area contributed by atoms with E-state index in [-0.39, 0.29) is 5.91 Å². The number of nitrogens with zero attached hydrogens (tertiary/aromatic N) is 1. The van der Waals surface area contributed by atoms with Gasteiger partial charge in [0.25, 0.3) is 5.91 Å². The molecule has 0 radical (unpaired) electrons. The first-order valence-electron chi connectivity index (χ1n) is 5.72. The lowest BCUT2D eigenvalue weighted by Gasteiger charge is -2.04. The molecule has 0 saturated carbocycles. The highest BCUT2D eigenvalue weighted by molar-refractivity contribution is 5.94. The molecule has 0 aliphatic rings. The van der Waals surface area contributed by atoms with Crippen LogP contribution in [0.25, 0.3) is 0 Å². The van der Waals surface area contributed by atoms with E-state index in [4.69, 9.17) is 11.0 Å². The predicted molar refractivity (Wildman–Crippen MR) is 66.4 cm³/mol. The molecule has 17 heavy (non-hydrogen) atoms. The second kappa shape index (κ2) is 7.42. The van der Waals surface area contributed by atoms with Gasteiger partial charge in [-0.05, 0) is 37.1 Å². The molecule has 3 N–H and O–H groups in total. The van der Waals surface area contributed by atoms with E-state index in [1.807, 2.05) is 18.2 Å². The number of unbranched alkanes of at least 4 members (excludes halogenated alkanes) is 1. The highest BCUT2D eigenvalue weighted by Gasteiger charge is 2.03. The van der Waals surface area contributed by atoms with Gasteiger partial charge in [-0.3, -0.25) is 4.79 Å². The second-order valence-electron chi connectivity index (χ2n) is 3.75. The lowest BCUT2D eigenvalue weighted by Crippen LogP contribution is -2.24. The van der Waals surface area contributed by atoms with Crippen LogP contribution in [0.2, 0.25) is 0 Å². The first kappa shape index (κ1) is 13.2. The van der Waals surface area contributed by atoms with Crippen LogP contribution < -0.4 is 11.1 Å². The van der Waals surface area contributed by atoms with Crippen molar-refractivity contribution in [1.29, 1.82) is 5.26 Å². The Balaban J connectivity index is 2.44. The summed E-state index contributed by atoms with van der Waals surface area (Å²) in [6, 6.07) is 9.46. The van der Waals surface area contributed by atoms with E-state index in [1.54, 1.807) is 12.1 Å². The van der Waals surface area contributed by atoms with E-state index in [0.717, 1.165) is 12.0 Å². The summed E-state index contributed by atoms with van der Waals surface area (Å²) in [5, 5.41) is 11.1. The molecule has 1 aromatic carbocycles. The molecule has 0 aliphatic carbocycles. The minimum Gasteiger partial charge on any atom is -0.352 e. The van der Waals surface area contributed by atoms with Crippen molar-refractivity contribution in [2.45, 2.75) is 19.3 Å². The molecule has 90 valence electrons. The summed E-state index contributed by atoms with van der Waals surface area (Å²) in [5.41, 5.74) is 7.22. The Morgan fingerprint density at radius 1 is 1.35 bits per heavy atom. The number of hydrogen-bond acceptors (Lipinski definition) is 3. The maximum Gasteiger partial charge on any atom is 0.251 e. The van der Waals surface area contributed by atoms with Gasteiger partial charge in [0.15, 0.2) is 0 Å². The fourth-order valence-corrected chi connectivity index (χ4v) is 1.46. The lowest BCUT2D eigenvalue weighted by atomic mass is 10.1. The van der Waals surface area contributed by atoms with Crippen LogP contribution in [0.5, 0.6) is 0 Å². The van der Waals surface area contributed by atoms with Gasteiger partial charge in [-0.1, -0.05) is 12.1 Å². The van der Waals surface area contributed by atoms with Crippen molar-refractivity contribution in [2.75, 3.05) is 13.1 Å². The van der Waals surface area contributed by atoms with Gasteiger partial charge >= 0.3 is 0 Å². The van der Waals surface area contributed by atoms with E-state index >= 15 is 0 Å². The number of carbonyl (C=O) groups is 1. The number of nitrogens with two attached hydrogens (primary N) is 1. The molecular formula is C13H17N3O. The smallest absolute Gasteiger partial charge is 0.251 e. The number of carbonyl (C=O) groups excluding carboxylic acids is 1. The van der Waals surface area contributed by atoms with Crippen LogP contribution in [-0.4, -0.2) is 19.0 Å². The molecule has 4 nitrogen and oxygen atoms in total. The molecule has 1 rings (SSSR count). The van der Waals surface area contributed by atoms with Gasteiger partial charge in [-0.25, -0.2) is 0 Å². The third-order valence-corrected chi connectivity index (χ3v) is 2.40. The first-order chi connectivity index (χ1) is 8.27. The number of benzene rings is 1. The Bertz CT molecular complexity index is 392. The summed E-state index contributed by atoms with van der Waals surface area (Å²) < 4.78 is 0. The molecule has 1 aromatic rings. The third-order valence-electron chi connectivity index (χ3n) is 2.40. The summed E-state index contributed by atoms with van der Waals surface area (Å²) in [4.78, 5) is 11.7. The van der Waals surface area contributed by atoms with Gasteiger partial charge in [-0.15, -0.1) is 0 Å². The highest BCUT2D eigenvalue weighted by atomic mass is 16.1. The van der Waals surface area contributed by atoms with Crippen molar-refractivity contribution >= 4 is 5.91 Å². The van der Waals surface area contributed by atoms with Gasteiger partial charge in [0.1, 0.15) is 0 Å². The molecule has 4 heteroatoms. The summed E-state index contributed by atoms with van der Waals surface area (Å²) in [6.45, 7) is 1.15. The first-order valence-corrected chi connectivity index (χ1v) is 5.72. The normalized spacial score (nSPS) is 9.65. The molecule has 0 unspecified atom stereocenters. The molecule has 0 aliphatic heterocycles. The Hall–Kier alpha value is -1.86. The zero-order valence-corrected chi connectivity index (χ0v) is 9.78. The van der Waals surface area contributed by atoms with Gasteiger partial charge in [0, 0.05) is 18.5 Å². The van der Waals surface area contributed by atoms with Gasteiger partial charge < -0.3 is 11.1 Å². The maximum atomic E-state index is 11.7. The van der Waals surface area contributed by atoms with Gasteiger partial charge in [0.2, 0.25) is 0 Å². The largest absolute Gasteiger partial charge is 0.352 e. The molecule has 0 saturated heterocycles. The topological polar surface area (TPSA) is 78.9 Å². The van der Waals surface area contributed by atoms with Crippen LogP contribution in [0.4, 0.5) is 0 Å². The van der Waals surface area contributed by atoms with Crippen molar-refractivity contribution in [3.05, 3.63) is 35.4 Å². The average molecular weight is 231 g/mol. The van der Waals surface area contributed by atoms with Crippen LogP contribution in [0, 0.1) is 11.3 Å². The summed E-state index contributed by atoms with van der Waals surface area (Å²) in [6.07, 6.45) is 1.98. The van der Waals surface area contributed by atoms with E-state index in [1.165, 1.54) is 0 Å². The van der Waals surface area contributed by atoms with Crippen LogP contribution >= 0.6 is 0 Å². The molecule has 0 heterocycles. The van der Waals surface area contributed by atoms with E-state index < -0.39 is 0 Å². The Morgan fingerprint density at radius 2 is 2.06 bits per heavy atom. The van der Waals surface area contributed by atoms with Crippen molar-refractivity contribution in [3.8, 4) is 6.07 Å². The van der Waals surface area contributed by atoms with E-state index in [0.29, 0.717) is 31.5 Å². The van der Waals surface area contributed by atoms with E-state index in [2.05, 4.69) is 5.32 Å². The Morgan fingerprint density at radius 3 is 2.65 bits per heavy atom. The molecule has 0 spiro atoms. The Kier molecular flexibility index (Phi) is 5.76. The lowest BCUT2D eigenvalue weighted by molar-refractivity contribution is 0.0953. The Labute approximate surface area is 101 Å². The SMILES string of the molecule is N#CCCCNC(=O)c1ccc(CCN)cc1. The average Bonchev–Trinajstić information content (AvgIpc) is 2.36. The molecule has 0 atom stereocenters. The van der Waals surface area contributed by atoms with Crippen LogP contribution in [0.1, 0.15) is 28.8 Å². The molecule has 0 aromatic heterocycles. The number of nitriles is 1. The van der Waals surface area contributed by atoms with Gasteiger partial charge in [-0.2, -0.15) is 5.26 Å². The number of amides is 1. The highest BCUT2D eigenvalue weighted by Crippen LogP contribution is 2.04. The maximum absolute atomic E-state index is 11.7. The van der Waals surface area contributed by atoms with Crippen molar-refractivity contribution in [2.24, 2.45) is 5.73 Å². The van der Waals surface area contributed by atoms with E-state index in [9.17, 15) is 4.79 Å². The molecule has 0 fully saturated rings. The third kappa shape index (κ3) is 4.66.